The number of aryl methyl sites for hydroxylation is 1. The molecule has 1 saturated heterocycles. The largest absolute Gasteiger partial charge is 0.478 e. The Morgan fingerprint density at radius 2 is 2.17 bits per heavy atom. The zero-order chi connectivity index (χ0) is 17.2. The van der Waals surface area contributed by atoms with Gasteiger partial charge >= 0.3 is 5.97 Å². The van der Waals surface area contributed by atoms with Crippen molar-refractivity contribution in [2.45, 2.75) is 19.8 Å². The summed E-state index contributed by atoms with van der Waals surface area (Å²) < 4.78 is 29.5. The Morgan fingerprint density at radius 3 is 2.65 bits per heavy atom. The van der Waals surface area contributed by atoms with Crippen LogP contribution >= 0.6 is 0 Å². The molecule has 23 heavy (non-hydrogen) atoms. The number of nitrogens with zero attached hydrogens (tertiary/aromatic N) is 1. The first-order valence-electron chi connectivity index (χ1n) is 7.31. The van der Waals surface area contributed by atoms with Crippen LogP contribution in [-0.4, -0.2) is 55.6 Å². The molecule has 0 aromatic carbocycles. The van der Waals surface area contributed by atoms with Crippen LogP contribution in [0, 0.1) is 5.92 Å². The van der Waals surface area contributed by atoms with Gasteiger partial charge in [0, 0.05) is 32.1 Å². The van der Waals surface area contributed by atoms with E-state index in [-0.39, 0.29) is 23.0 Å². The molecule has 8 nitrogen and oxygen atoms in total. The van der Waals surface area contributed by atoms with Crippen molar-refractivity contribution in [3.63, 3.8) is 0 Å². The summed E-state index contributed by atoms with van der Waals surface area (Å²) in [4.78, 5) is 23.1. The normalized spacial score (nSPS) is 19.0. The Morgan fingerprint density at radius 1 is 1.48 bits per heavy atom. The first-order chi connectivity index (χ1) is 10.7. The highest BCUT2D eigenvalue weighted by atomic mass is 32.2. The lowest BCUT2D eigenvalue weighted by atomic mass is 10.1. The fourth-order valence-corrected chi connectivity index (χ4v) is 3.49. The number of rotatable bonds is 6. The lowest BCUT2D eigenvalue weighted by Gasteiger charge is -2.13. The van der Waals surface area contributed by atoms with Crippen molar-refractivity contribution in [1.29, 1.82) is 0 Å². The number of sulfonamides is 1. The van der Waals surface area contributed by atoms with E-state index in [0.29, 0.717) is 32.5 Å². The van der Waals surface area contributed by atoms with Gasteiger partial charge in [-0.2, -0.15) is 0 Å². The molecule has 0 saturated carbocycles. The second-order valence-electron chi connectivity index (χ2n) is 5.59. The minimum Gasteiger partial charge on any atom is -0.478 e. The van der Waals surface area contributed by atoms with Crippen molar-refractivity contribution >= 4 is 21.9 Å². The summed E-state index contributed by atoms with van der Waals surface area (Å²) in [6, 6.07) is 1.22. The van der Waals surface area contributed by atoms with Crippen LogP contribution in [0.5, 0.6) is 0 Å². The fraction of sp³-hybridized carbons (Fsp3) is 0.571. The topological polar surface area (TPSA) is 117 Å². The second kappa shape index (κ2) is 6.71. The van der Waals surface area contributed by atoms with E-state index in [0.717, 1.165) is 6.26 Å². The maximum absolute atomic E-state index is 12.1. The molecule has 1 aliphatic heterocycles. The third kappa shape index (κ3) is 4.11. The van der Waals surface area contributed by atoms with Crippen LogP contribution in [0.25, 0.3) is 0 Å². The summed E-state index contributed by atoms with van der Waals surface area (Å²) >= 11 is 0. The summed E-state index contributed by atoms with van der Waals surface area (Å²) in [6.45, 7) is 2.88. The molecule has 0 spiro atoms. The summed E-state index contributed by atoms with van der Waals surface area (Å²) in [5.74, 6) is -1.38. The number of furan rings is 1. The van der Waals surface area contributed by atoms with Gasteiger partial charge in [-0.05, 0) is 12.3 Å². The number of carboxylic acid groups (broad SMARTS) is 1. The predicted molar refractivity (Wildman–Crippen MR) is 81.9 cm³/mol. The standard InChI is InChI=1S/C14H20N2O6S/c1-3-11-10(14(18)19)6-12(22-11)13(17)15-7-9-4-5-16(8-9)23(2,20)21/h6,9H,3-5,7-8H2,1-2H3,(H,15,17)(H,18,19). The van der Waals surface area contributed by atoms with Gasteiger partial charge in [0.1, 0.15) is 11.3 Å². The van der Waals surface area contributed by atoms with Gasteiger partial charge in [-0.1, -0.05) is 6.92 Å². The summed E-state index contributed by atoms with van der Waals surface area (Å²) in [7, 11) is -3.20. The van der Waals surface area contributed by atoms with Gasteiger partial charge in [-0.15, -0.1) is 0 Å². The monoisotopic (exact) mass is 344 g/mol. The van der Waals surface area contributed by atoms with Crippen LogP contribution in [-0.2, 0) is 16.4 Å². The minimum absolute atomic E-state index is 0.0123. The van der Waals surface area contributed by atoms with E-state index in [1.165, 1.54) is 10.4 Å². The van der Waals surface area contributed by atoms with Gasteiger partial charge in [-0.25, -0.2) is 17.5 Å². The second-order valence-corrected chi connectivity index (χ2v) is 7.57. The molecule has 2 rings (SSSR count). The Kier molecular flexibility index (Phi) is 5.10. The van der Waals surface area contributed by atoms with Crippen LogP contribution in [0.15, 0.2) is 10.5 Å². The SMILES string of the molecule is CCc1oc(C(=O)NCC2CCN(S(C)(=O)=O)C2)cc1C(=O)O. The number of carboxylic acids is 1. The van der Waals surface area contributed by atoms with Crippen molar-refractivity contribution in [3.05, 3.63) is 23.2 Å². The first-order valence-corrected chi connectivity index (χ1v) is 9.16. The Balaban J connectivity index is 1.95. The van der Waals surface area contributed by atoms with E-state index in [2.05, 4.69) is 5.32 Å². The number of amides is 1. The number of aromatic carboxylic acids is 1. The molecule has 2 N–H and O–H groups in total. The van der Waals surface area contributed by atoms with Crippen molar-refractivity contribution in [2.24, 2.45) is 5.92 Å². The molecule has 1 aromatic heterocycles. The molecule has 9 heteroatoms. The Labute approximate surface area is 134 Å². The van der Waals surface area contributed by atoms with Crippen LogP contribution in [0.2, 0.25) is 0 Å². The van der Waals surface area contributed by atoms with Gasteiger partial charge in [0.2, 0.25) is 10.0 Å². The summed E-state index contributed by atoms with van der Waals surface area (Å²) in [6.07, 6.45) is 2.21. The Hall–Kier alpha value is -1.87. The van der Waals surface area contributed by atoms with Crippen LogP contribution in [0.1, 0.15) is 40.0 Å². The lowest BCUT2D eigenvalue weighted by Crippen LogP contribution is -2.32. The molecule has 1 aliphatic rings. The third-order valence-electron chi connectivity index (χ3n) is 3.85. The maximum atomic E-state index is 12.1. The van der Waals surface area contributed by atoms with Crippen molar-refractivity contribution < 1.29 is 27.5 Å². The average Bonchev–Trinajstić information content (AvgIpc) is 3.10. The van der Waals surface area contributed by atoms with Gasteiger partial charge < -0.3 is 14.8 Å². The van der Waals surface area contributed by atoms with Crippen LogP contribution in [0.4, 0.5) is 0 Å². The van der Waals surface area contributed by atoms with Crippen molar-refractivity contribution in [1.82, 2.24) is 9.62 Å². The van der Waals surface area contributed by atoms with Gasteiger partial charge in [-0.3, -0.25) is 4.79 Å². The molecule has 128 valence electrons. The number of hydrogen-bond acceptors (Lipinski definition) is 5. The number of hydrogen-bond donors (Lipinski definition) is 2. The highest BCUT2D eigenvalue weighted by Gasteiger charge is 2.29. The fourth-order valence-electron chi connectivity index (χ4n) is 2.57. The molecule has 0 bridgehead atoms. The molecule has 0 aliphatic carbocycles. The quantitative estimate of drug-likeness (QED) is 0.778. The maximum Gasteiger partial charge on any atom is 0.339 e. The van der Waals surface area contributed by atoms with E-state index in [1.54, 1.807) is 6.92 Å². The minimum atomic E-state index is -3.20. The molecule has 1 unspecified atom stereocenters. The molecule has 0 radical (unpaired) electrons. The van der Waals surface area contributed by atoms with Gasteiger partial charge in [0.05, 0.1) is 6.26 Å². The third-order valence-corrected chi connectivity index (χ3v) is 5.12. The van der Waals surface area contributed by atoms with Crippen LogP contribution < -0.4 is 5.32 Å². The van der Waals surface area contributed by atoms with E-state index >= 15 is 0 Å². The summed E-state index contributed by atoms with van der Waals surface area (Å²) in [5.41, 5.74) is -0.0123. The predicted octanol–water partition coefficient (Wildman–Crippen LogP) is 0.552. The highest BCUT2D eigenvalue weighted by molar-refractivity contribution is 7.88. The molecule has 1 aromatic rings. The van der Waals surface area contributed by atoms with Gasteiger partial charge in [0.25, 0.3) is 5.91 Å². The molecule has 1 fully saturated rings. The van der Waals surface area contributed by atoms with Crippen molar-refractivity contribution in [3.8, 4) is 0 Å². The zero-order valence-electron chi connectivity index (χ0n) is 13.0. The first kappa shape index (κ1) is 17.5. The number of carbonyl (C=O) groups is 2. The van der Waals surface area contributed by atoms with Gasteiger partial charge in [0.15, 0.2) is 5.76 Å². The Bertz CT molecular complexity index is 709. The smallest absolute Gasteiger partial charge is 0.339 e. The van der Waals surface area contributed by atoms with E-state index < -0.39 is 21.9 Å². The molecule has 2 heterocycles. The van der Waals surface area contributed by atoms with E-state index in [1.807, 2.05) is 0 Å². The number of carbonyl (C=O) groups excluding carboxylic acids is 1. The number of nitrogens with one attached hydrogen (secondary N) is 1. The lowest BCUT2D eigenvalue weighted by molar-refractivity contribution is 0.0694. The molecular formula is C14H20N2O6S. The van der Waals surface area contributed by atoms with E-state index in [4.69, 9.17) is 9.52 Å². The summed E-state index contributed by atoms with van der Waals surface area (Å²) in [5, 5.41) is 11.7. The molecule has 1 atom stereocenters. The van der Waals surface area contributed by atoms with Crippen molar-refractivity contribution in [2.75, 3.05) is 25.9 Å². The average molecular weight is 344 g/mol. The molecular weight excluding hydrogens is 324 g/mol. The van der Waals surface area contributed by atoms with Crippen LogP contribution in [0.3, 0.4) is 0 Å². The molecule has 1 amide bonds. The zero-order valence-corrected chi connectivity index (χ0v) is 13.9. The highest BCUT2D eigenvalue weighted by Crippen LogP contribution is 2.19. The van der Waals surface area contributed by atoms with E-state index in [9.17, 15) is 18.0 Å².